The van der Waals surface area contributed by atoms with Crippen LogP contribution in [-0.4, -0.2) is 62.8 Å². The highest BCUT2D eigenvalue weighted by Gasteiger charge is 2.08. The standard InChI is InChI=1S/C9H20N2OS2/c1-14(13)9-3-10-2-4-11-5-7-12-8-6-11/h10H,2-9H2,1H3. The molecule has 1 rings (SSSR count). The molecule has 14 heavy (non-hydrogen) atoms. The van der Waals surface area contributed by atoms with E-state index in [0.717, 1.165) is 51.7 Å². The third-order valence-corrected chi connectivity index (χ3v) is 3.55. The number of hydrogen-bond acceptors (Lipinski definition) is 4. The lowest BCUT2D eigenvalue weighted by molar-refractivity contribution is 0.0385. The molecule has 3 nitrogen and oxygen atoms in total. The molecular weight excluding hydrogens is 216 g/mol. The Bertz CT molecular complexity index is 172. The summed E-state index contributed by atoms with van der Waals surface area (Å²) < 4.78 is 5.28. The average molecular weight is 236 g/mol. The molecule has 0 amide bonds. The smallest absolute Gasteiger partial charge is 0.0594 e. The molecule has 1 aliphatic heterocycles. The maximum Gasteiger partial charge on any atom is 0.0594 e. The molecule has 0 saturated carbocycles. The molecule has 0 spiro atoms. The fraction of sp³-hybridized carbons (Fsp3) is 1.00. The average Bonchev–Trinajstić information content (AvgIpc) is 2.18. The highest BCUT2D eigenvalue weighted by atomic mass is 32.8. The van der Waals surface area contributed by atoms with Crippen molar-refractivity contribution in [3.05, 3.63) is 0 Å². The summed E-state index contributed by atoms with van der Waals surface area (Å²) >= 11 is 5.11. The first-order valence-corrected chi connectivity index (χ1v) is 7.82. The number of nitrogens with zero attached hydrogens (tertiary/aromatic N) is 1. The number of ether oxygens (including phenoxy) is 1. The Kier molecular flexibility index (Phi) is 6.89. The highest BCUT2D eigenvalue weighted by molar-refractivity contribution is 8.28. The number of rotatable bonds is 6. The van der Waals surface area contributed by atoms with Crippen LogP contribution in [0, 0.1) is 0 Å². The molecule has 0 radical (unpaired) electrons. The monoisotopic (exact) mass is 236 g/mol. The molecule has 0 bridgehead atoms. The van der Waals surface area contributed by atoms with E-state index in [2.05, 4.69) is 16.5 Å². The zero-order valence-corrected chi connectivity index (χ0v) is 10.5. The SMILES string of the molecule is CS(=S)CCNCCN1CCOCC1. The lowest BCUT2D eigenvalue weighted by Gasteiger charge is -2.26. The predicted molar refractivity (Wildman–Crippen MR) is 65.6 cm³/mol. The minimum Gasteiger partial charge on any atom is -0.379 e. The predicted octanol–water partition coefficient (Wildman–Crippen LogP) is -0.382. The van der Waals surface area contributed by atoms with Crippen molar-refractivity contribution in [3.8, 4) is 0 Å². The molecule has 1 N–H and O–H groups in total. The van der Waals surface area contributed by atoms with E-state index in [1.165, 1.54) is 0 Å². The molecule has 1 aliphatic rings. The first kappa shape index (κ1) is 12.5. The molecule has 1 atom stereocenters. The van der Waals surface area contributed by atoms with Gasteiger partial charge in [0, 0.05) is 38.5 Å². The maximum atomic E-state index is 5.28. The Labute approximate surface area is 93.8 Å². The second kappa shape index (κ2) is 7.70. The Hall–Kier alpha value is 0.450. The fourth-order valence-corrected chi connectivity index (χ4v) is 2.08. The summed E-state index contributed by atoms with van der Waals surface area (Å²) in [6.45, 7) is 7.23. The van der Waals surface area contributed by atoms with Crippen LogP contribution in [0.2, 0.25) is 0 Å². The van der Waals surface area contributed by atoms with Crippen molar-refractivity contribution in [2.24, 2.45) is 0 Å². The Morgan fingerprint density at radius 1 is 1.36 bits per heavy atom. The van der Waals surface area contributed by atoms with Gasteiger partial charge in [0.2, 0.25) is 0 Å². The van der Waals surface area contributed by atoms with Crippen molar-refractivity contribution >= 4 is 20.6 Å². The van der Waals surface area contributed by atoms with Crippen LogP contribution in [0.4, 0.5) is 0 Å². The van der Waals surface area contributed by atoms with Crippen molar-refractivity contribution < 1.29 is 4.74 Å². The van der Waals surface area contributed by atoms with Gasteiger partial charge in [0.25, 0.3) is 0 Å². The summed E-state index contributed by atoms with van der Waals surface area (Å²) in [5.74, 6) is 1.12. The van der Waals surface area contributed by atoms with Crippen molar-refractivity contribution in [1.29, 1.82) is 0 Å². The number of hydrogen-bond donors (Lipinski definition) is 1. The molecule has 0 aromatic carbocycles. The van der Waals surface area contributed by atoms with Crippen LogP contribution >= 0.6 is 0 Å². The van der Waals surface area contributed by atoms with Gasteiger partial charge in [0.15, 0.2) is 0 Å². The molecule has 1 heterocycles. The van der Waals surface area contributed by atoms with Gasteiger partial charge in [0.1, 0.15) is 0 Å². The normalized spacial score (nSPS) is 20.9. The summed E-state index contributed by atoms with van der Waals surface area (Å²) in [6, 6.07) is 0. The molecule has 0 aliphatic carbocycles. The van der Waals surface area contributed by atoms with Crippen LogP contribution in [0.15, 0.2) is 0 Å². The first-order chi connectivity index (χ1) is 6.79. The molecular formula is C9H20N2OS2. The van der Waals surface area contributed by atoms with E-state index in [4.69, 9.17) is 15.9 Å². The minimum atomic E-state index is 0.163. The Morgan fingerprint density at radius 3 is 2.71 bits per heavy atom. The minimum absolute atomic E-state index is 0.163. The lowest BCUT2D eigenvalue weighted by atomic mass is 10.4. The summed E-state index contributed by atoms with van der Waals surface area (Å²) in [5.41, 5.74) is 0. The van der Waals surface area contributed by atoms with Crippen molar-refractivity contribution in [1.82, 2.24) is 10.2 Å². The van der Waals surface area contributed by atoms with Gasteiger partial charge in [-0.15, -0.1) is 9.45 Å². The fourth-order valence-electron chi connectivity index (χ4n) is 1.40. The summed E-state index contributed by atoms with van der Waals surface area (Å²) in [7, 11) is 0.163. The third kappa shape index (κ3) is 6.03. The van der Waals surface area contributed by atoms with Gasteiger partial charge < -0.3 is 10.1 Å². The highest BCUT2D eigenvalue weighted by Crippen LogP contribution is 1.94. The quantitative estimate of drug-likeness (QED) is 0.635. The maximum absolute atomic E-state index is 5.28. The molecule has 0 aromatic heterocycles. The topological polar surface area (TPSA) is 24.5 Å². The van der Waals surface area contributed by atoms with Gasteiger partial charge in [0.05, 0.1) is 13.2 Å². The van der Waals surface area contributed by atoms with Gasteiger partial charge in [-0.1, -0.05) is 11.2 Å². The molecule has 1 fully saturated rings. The van der Waals surface area contributed by atoms with Crippen LogP contribution in [0.5, 0.6) is 0 Å². The lowest BCUT2D eigenvalue weighted by Crippen LogP contribution is -2.40. The van der Waals surface area contributed by atoms with E-state index in [1.54, 1.807) is 0 Å². The molecule has 1 unspecified atom stereocenters. The van der Waals surface area contributed by atoms with Gasteiger partial charge in [-0.05, 0) is 6.26 Å². The van der Waals surface area contributed by atoms with E-state index >= 15 is 0 Å². The second-order valence-electron chi connectivity index (χ2n) is 3.48. The number of nitrogens with one attached hydrogen (secondary N) is 1. The Balaban J connectivity index is 1.90. The summed E-state index contributed by atoms with van der Waals surface area (Å²) in [4.78, 5) is 2.44. The van der Waals surface area contributed by atoms with Crippen LogP contribution < -0.4 is 5.32 Å². The van der Waals surface area contributed by atoms with Gasteiger partial charge in [-0.3, -0.25) is 4.90 Å². The molecule has 5 heteroatoms. The van der Waals surface area contributed by atoms with Crippen molar-refractivity contribution in [2.75, 3.05) is 57.9 Å². The van der Waals surface area contributed by atoms with Gasteiger partial charge in [-0.2, -0.15) is 0 Å². The van der Waals surface area contributed by atoms with Crippen LogP contribution in [0.25, 0.3) is 0 Å². The van der Waals surface area contributed by atoms with Crippen molar-refractivity contribution in [2.45, 2.75) is 0 Å². The second-order valence-corrected chi connectivity index (χ2v) is 6.74. The van der Waals surface area contributed by atoms with Crippen molar-refractivity contribution in [3.63, 3.8) is 0 Å². The van der Waals surface area contributed by atoms with E-state index < -0.39 is 0 Å². The van der Waals surface area contributed by atoms with Gasteiger partial charge >= 0.3 is 0 Å². The third-order valence-electron chi connectivity index (χ3n) is 2.27. The van der Waals surface area contributed by atoms with Crippen LogP contribution in [0.3, 0.4) is 0 Å². The summed E-state index contributed by atoms with van der Waals surface area (Å²) in [5, 5.41) is 3.42. The van der Waals surface area contributed by atoms with Crippen LogP contribution in [-0.2, 0) is 25.4 Å². The largest absolute Gasteiger partial charge is 0.379 e. The number of morpholine rings is 1. The molecule has 1 saturated heterocycles. The van der Waals surface area contributed by atoms with Gasteiger partial charge in [-0.25, -0.2) is 0 Å². The van der Waals surface area contributed by atoms with E-state index in [9.17, 15) is 0 Å². The first-order valence-electron chi connectivity index (χ1n) is 5.10. The van der Waals surface area contributed by atoms with E-state index in [-0.39, 0.29) is 9.45 Å². The Morgan fingerprint density at radius 2 is 2.07 bits per heavy atom. The van der Waals surface area contributed by atoms with E-state index in [1.807, 2.05) is 0 Å². The zero-order valence-electron chi connectivity index (χ0n) is 8.83. The zero-order chi connectivity index (χ0) is 10.2. The summed E-state index contributed by atoms with van der Waals surface area (Å²) in [6.07, 6.45) is 2.11. The van der Waals surface area contributed by atoms with Crippen LogP contribution in [0.1, 0.15) is 0 Å². The molecule has 84 valence electrons. The van der Waals surface area contributed by atoms with E-state index in [0.29, 0.717) is 0 Å². The molecule has 0 aromatic rings.